The van der Waals surface area contributed by atoms with Gasteiger partial charge >= 0.3 is 0 Å². The molecule has 202 valence electrons. The molecule has 3 aromatic carbocycles. The summed E-state index contributed by atoms with van der Waals surface area (Å²) in [7, 11) is -0.442. The van der Waals surface area contributed by atoms with Gasteiger partial charge in [-0.05, 0) is 55.1 Å². The predicted molar refractivity (Wildman–Crippen MR) is 152 cm³/mol. The number of aliphatic imine (C=N–C) groups is 2. The molecule has 2 unspecified atom stereocenters. The zero-order valence-electron chi connectivity index (χ0n) is 20.8. The maximum absolute atomic E-state index is 13.2. The molecule has 0 saturated carbocycles. The fraction of sp³-hybridized carbons (Fsp3) is 0.192. The lowest BCUT2D eigenvalue weighted by Crippen LogP contribution is -2.46. The summed E-state index contributed by atoms with van der Waals surface area (Å²) >= 11 is 12.9. The van der Waals surface area contributed by atoms with Gasteiger partial charge in [0.25, 0.3) is 5.91 Å². The average molecular weight is 587 g/mol. The molecular formula is C26H24Cl2N6O4S. The van der Waals surface area contributed by atoms with Crippen LogP contribution in [0.3, 0.4) is 0 Å². The summed E-state index contributed by atoms with van der Waals surface area (Å²) in [4.78, 5) is 23.8. The Labute approximate surface area is 235 Å². The number of primary sulfonamides is 1. The quantitative estimate of drug-likeness (QED) is 0.402. The molecule has 0 bridgehead atoms. The van der Waals surface area contributed by atoms with Crippen LogP contribution in [-0.4, -0.2) is 56.3 Å². The normalized spacial score (nSPS) is 19.2. The number of phenols is 1. The number of nitrogens with zero attached hydrogens (tertiary/aromatic N) is 4. The molecular weight excluding hydrogens is 563 g/mol. The molecule has 2 heterocycles. The number of benzene rings is 3. The molecule has 1 fully saturated rings. The molecule has 0 spiro atoms. The van der Waals surface area contributed by atoms with Crippen LogP contribution in [-0.2, 0) is 21.2 Å². The fourth-order valence-corrected chi connectivity index (χ4v) is 5.87. The lowest BCUT2D eigenvalue weighted by molar-refractivity contribution is -0.121. The maximum Gasteiger partial charge on any atom is 0.261 e. The number of halogens is 2. The maximum atomic E-state index is 13.2. The van der Waals surface area contributed by atoms with E-state index in [2.05, 4.69) is 10.4 Å². The van der Waals surface area contributed by atoms with E-state index in [0.717, 1.165) is 16.7 Å². The van der Waals surface area contributed by atoms with Crippen molar-refractivity contribution in [2.75, 3.05) is 19.1 Å². The van der Waals surface area contributed by atoms with E-state index in [1.54, 1.807) is 31.1 Å². The molecule has 0 radical (unpaired) electrons. The molecule has 1 saturated heterocycles. The zero-order chi connectivity index (χ0) is 28.1. The number of anilines is 1. The molecule has 1 amide bonds. The van der Waals surface area contributed by atoms with Crippen LogP contribution in [0.4, 0.5) is 5.69 Å². The van der Waals surface area contributed by atoms with Gasteiger partial charge in [-0.2, -0.15) is 4.99 Å². The van der Waals surface area contributed by atoms with Crippen LogP contribution in [0.1, 0.15) is 5.56 Å². The van der Waals surface area contributed by atoms with Crippen molar-refractivity contribution in [3.05, 3.63) is 76.3 Å². The Kier molecular flexibility index (Phi) is 7.23. The van der Waals surface area contributed by atoms with Crippen molar-refractivity contribution < 1.29 is 18.3 Å². The zero-order valence-corrected chi connectivity index (χ0v) is 23.2. The smallest absolute Gasteiger partial charge is 0.261 e. The number of amidine groups is 2. The topological polar surface area (TPSA) is 141 Å². The minimum Gasteiger partial charge on any atom is -0.508 e. The highest BCUT2D eigenvalue weighted by molar-refractivity contribution is 7.89. The van der Waals surface area contributed by atoms with Crippen molar-refractivity contribution >= 4 is 56.5 Å². The van der Waals surface area contributed by atoms with E-state index in [0.29, 0.717) is 18.1 Å². The first-order valence-electron chi connectivity index (χ1n) is 11.8. The van der Waals surface area contributed by atoms with Gasteiger partial charge in [-0.3, -0.25) is 14.7 Å². The van der Waals surface area contributed by atoms with Gasteiger partial charge < -0.3 is 5.11 Å². The molecule has 3 aromatic rings. The molecule has 0 aliphatic carbocycles. The van der Waals surface area contributed by atoms with Gasteiger partial charge in [-0.25, -0.2) is 24.0 Å². The van der Waals surface area contributed by atoms with E-state index in [9.17, 15) is 18.3 Å². The first kappa shape index (κ1) is 27.3. The second-order valence-corrected chi connectivity index (χ2v) is 11.8. The average Bonchev–Trinajstić information content (AvgIpc) is 3.24. The number of phenolic OH excluding ortho intramolecular Hbond substituents is 1. The summed E-state index contributed by atoms with van der Waals surface area (Å²) in [5.74, 6) is -0.272. The van der Waals surface area contributed by atoms with E-state index in [1.807, 2.05) is 36.4 Å². The van der Waals surface area contributed by atoms with E-state index < -0.39 is 22.1 Å². The van der Waals surface area contributed by atoms with Gasteiger partial charge in [0.2, 0.25) is 10.0 Å². The molecule has 2 atom stereocenters. The Bertz CT molecular complexity index is 1600. The molecule has 10 nitrogen and oxygen atoms in total. The lowest BCUT2D eigenvalue weighted by Gasteiger charge is -2.24. The van der Waals surface area contributed by atoms with E-state index in [1.165, 1.54) is 17.1 Å². The Morgan fingerprint density at radius 1 is 1.00 bits per heavy atom. The van der Waals surface area contributed by atoms with Gasteiger partial charge in [0.15, 0.2) is 0 Å². The van der Waals surface area contributed by atoms with Crippen LogP contribution in [0, 0.1) is 5.92 Å². The number of nitrogens with two attached hydrogens (primary N) is 1. The van der Waals surface area contributed by atoms with E-state index >= 15 is 0 Å². The number of hydrogen-bond acceptors (Lipinski definition) is 8. The minimum atomic E-state index is -4.04. The largest absolute Gasteiger partial charge is 0.508 e. The van der Waals surface area contributed by atoms with E-state index in [4.69, 9.17) is 33.3 Å². The van der Waals surface area contributed by atoms with Crippen LogP contribution in [0.2, 0.25) is 10.0 Å². The molecule has 4 N–H and O–H groups in total. The second-order valence-electron chi connectivity index (χ2n) is 9.39. The summed E-state index contributed by atoms with van der Waals surface area (Å²) < 4.78 is 23.7. The van der Waals surface area contributed by atoms with Gasteiger partial charge in [-0.1, -0.05) is 59.6 Å². The summed E-state index contributed by atoms with van der Waals surface area (Å²) in [5, 5.41) is 16.3. The van der Waals surface area contributed by atoms with Crippen LogP contribution >= 0.6 is 23.2 Å². The standard InChI is InChI=1S/C26H24Cl2N6O4S/c1-33(2)25-22-24(34(32-25)23-19(27)12-18(13-20(23)28)39(29,37)38)30-21(31-26(22)36)11-14-3-5-15(6-4-14)16-7-9-17(35)10-8-16/h3-10,12-13,22,25,32,35H,11H2,1-2H3,(H2,29,37,38). The molecule has 39 heavy (non-hydrogen) atoms. The first-order chi connectivity index (χ1) is 18.4. The molecule has 2 aliphatic rings. The van der Waals surface area contributed by atoms with Crippen molar-refractivity contribution in [2.45, 2.75) is 17.5 Å². The number of carbonyl (C=O) groups is 1. The van der Waals surface area contributed by atoms with Gasteiger partial charge in [-0.15, -0.1) is 0 Å². The van der Waals surface area contributed by atoms with Gasteiger partial charge in [0, 0.05) is 6.42 Å². The van der Waals surface area contributed by atoms with Crippen LogP contribution < -0.4 is 15.6 Å². The van der Waals surface area contributed by atoms with Crippen LogP contribution in [0.15, 0.2) is 75.5 Å². The van der Waals surface area contributed by atoms with Crippen molar-refractivity contribution in [2.24, 2.45) is 21.0 Å². The van der Waals surface area contributed by atoms with Gasteiger partial charge in [0.1, 0.15) is 23.3 Å². The lowest BCUT2D eigenvalue weighted by atomic mass is 10.0. The highest BCUT2D eigenvalue weighted by Gasteiger charge is 2.47. The highest BCUT2D eigenvalue weighted by atomic mass is 35.5. The number of aromatic hydroxyl groups is 1. The van der Waals surface area contributed by atoms with Crippen LogP contribution in [0.25, 0.3) is 11.1 Å². The Morgan fingerprint density at radius 2 is 1.56 bits per heavy atom. The van der Waals surface area contributed by atoms with Crippen molar-refractivity contribution in [1.82, 2.24) is 10.3 Å². The third-order valence-corrected chi connectivity index (χ3v) is 7.92. The third-order valence-electron chi connectivity index (χ3n) is 6.45. The molecule has 5 rings (SSSR count). The Balaban J connectivity index is 1.48. The third kappa shape index (κ3) is 5.42. The molecule has 13 heteroatoms. The number of hydrogen-bond donors (Lipinski definition) is 3. The fourth-order valence-electron chi connectivity index (χ4n) is 4.52. The van der Waals surface area contributed by atoms with Crippen molar-refractivity contribution in [1.29, 1.82) is 0 Å². The first-order valence-corrected chi connectivity index (χ1v) is 14.1. The number of amides is 1. The monoisotopic (exact) mass is 586 g/mol. The number of rotatable bonds is 6. The number of sulfonamides is 1. The summed E-state index contributed by atoms with van der Waals surface area (Å²) in [6.07, 6.45) is -0.208. The number of fused-ring (bicyclic) bond motifs is 1. The van der Waals surface area contributed by atoms with E-state index in [-0.39, 0.29) is 32.3 Å². The summed E-state index contributed by atoms with van der Waals surface area (Å²) in [5.41, 5.74) is 6.26. The van der Waals surface area contributed by atoms with Crippen molar-refractivity contribution in [3.63, 3.8) is 0 Å². The Hall–Kier alpha value is -3.32. The minimum absolute atomic E-state index is 0.0150. The van der Waals surface area contributed by atoms with Crippen molar-refractivity contribution in [3.8, 4) is 16.9 Å². The van der Waals surface area contributed by atoms with Crippen LogP contribution in [0.5, 0.6) is 5.75 Å². The number of carbonyl (C=O) groups excluding carboxylic acids is 1. The second kappa shape index (κ2) is 10.3. The number of nitrogens with one attached hydrogen (secondary N) is 1. The summed E-state index contributed by atoms with van der Waals surface area (Å²) in [6.45, 7) is 0. The molecule has 0 aromatic heterocycles. The Morgan fingerprint density at radius 3 is 2.10 bits per heavy atom. The van der Waals surface area contributed by atoms with Gasteiger partial charge in [0.05, 0.1) is 26.8 Å². The number of hydrazine groups is 1. The predicted octanol–water partition coefficient (Wildman–Crippen LogP) is 3.42. The molecule has 2 aliphatic heterocycles. The SMILES string of the molecule is CN(C)C1NN(c2c(Cl)cc(S(N)(=O)=O)cc2Cl)C2=NC(Cc3ccc(-c4ccc(O)cc4)cc3)=NC(=O)C21. The summed E-state index contributed by atoms with van der Waals surface area (Å²) in [6, 6.07) is 17.1. The highest BCUT2D eigenvalue weighted by Crippen LogP contribution is 2.39.